The van der Waals surface area contributed by atoms with Gasteiger partial charge >= 0.3 is 0 Å². The summed E-state index contributed by atoms with van der Waals surface area (Å²) in [5, 5.41) is 3.57. The van der Waals surface area contributed by atoms with E-state index in [1.54, 1.807) is 0 Å². The van der Waals surface area contributed by atoms with Crippen molar-refractivity contribution in [1.29, 1.82) is 0 Å². The highest BCUT2D eigenvalue weighted by molar-refractivity contribution is 4.97. The van der Waals surface area contributed by atoms with Gasteiger partial charge in [-0.1, -0.05) is 13.0 Å². The van der Waals surface area contributed by atoms with Gasteiger partial charge in [-0.3, -0.25) is 0 Å². The molecule has 3 unspecified atom stereocenters. The number of hydrogen-bond acceptors (Lipinski definition) is 2. The van der Waals surface area contributed by atoms with Gasteiger partial charge in [0.25, 0.3) is 0 Å². The molecule has 100 valence electrons. The van der Waals surface area contributed by atoms with Crippen LogP contribution >= 0.6 is 0 Å². The van der Waals surface area contributed by atoms with E-state index in [0.29, 0.717) is 12.2 Å². The molecule has 1 N–H and O–H groups in total. The summed E-state index contributed by atoms with van der Waals surface area (Å²) in [6.45, 7) is 16.0. The Balaban J connectivity index is 2.47. The molecule has 0 bridgehead atoms. The zero-order valence-electron chi connectivity index (χ0n) is 12.2. The van der Waals surface area contributed by atoms with Crippen LogP contribution in [-0.4, -0.2) is 24.3 Å². The molecule has 0 spiro atoms. The molecule has 0 amide bonds. The van der Waals surface area contributed by atoms with E-state index in [9.17, 15) is 0 Å². The molecule has 0 aromatic heterocycles. The molecule has 1 saturated heterocycles. The summed E-state index contributed by atoms with van der Waals surface area (Å²) in [6, 6.07) is 0. The molecule has 2 nitrogen and oxygen atoms in total. The lowest BCUT2D eigenvalue weighted by atomic mass is 9.83. The van der Waals surface area contributed by atoms with E-state index in [1.807, 2.05) is 0 Å². The first kappa shape index (κ1) is 14.7. The van der Waals surface area contributed by atoms with Crippen molar-refractivity contribution in [1.82, 2.24) is 5.32 Å². The van der Waals surface area contributed by atoms with Gasteiger partial charge in [0.1, 0.15) is 0 Å². The maximum Gasteiger partial charge on any atom is 0.0588 e. The predicted octanol–water partition coefficient (Wildman–Crippen LogP) is 3.52. The smallest absolute Gasteiger partial charge is 0.0588 e. The van der Waals surface area contributed by atoms with Crippen LogP contribution < -0.4 is 5.32 Å². The van der Waals surface area contributed by atoms with Crippen LogP contribution in [0.2, 0.25) is 0 Å². The average molecular weight is 239 g/mol. The Morgan fingerprint density at radius 2 is 1.94 bits per heavy atom. The second-order valence-electron chi connectivity index (χ2n) is 6.81. The molecular weight excluding hydrogens is 210 g/mol. The Labute approximate surface area is 107 Å². The molecule has 3 atom stereocenters. The van der Waals surface area contributed by atoms with Gasteiger partial charge in [0.15, 0.2) is 0 Å². The van der Waals surface area contributed by atoms with Gasteiger partial charge in [0.2, 0.25) is 0 Å². The fraction of sp³-hybridized carbons (Fsp3) is 0.867. The minimum atomic E-state index is 0.127. The van der Waals surface area contributed by atoms with Gasteiger partial charge in [-0.15, -0.1) is 6.58 Å². The van der Waals surface area contributed by atoms with Gasteiger partial charge in [0.05, 0.1) is 12.2 Å². The summed E-state index contributed by atoms with van der Waals surface area (Å²) >= 11 is 0. The number of rotatable bonds is 5. The molecule has 0 aliphatic carbocycles. The lowest BCUT2D eigenvalue weighted by molar-refractivity contribution is 0.0324. The Bertz CT molecular complexity index is 256. The summed E-state index contributed by atoms with van der Waals surface area (Å²) < 4.78 is 5.92. The lowest BCUT2D eigenvalue weighted by Gasteiger charge is -2.33. The van der Waals surface area contributed by atoms with E-state index in [4.69, 9.17) is 4.74 Å². The molecule has 1 fully saturated rings. The van der Waals surface area contributed by atoms with Crippen LogP contribution in [0.1, 0.15) is 53.9 Å². The highest BCUT2D eigenvalue weighted by Crippen LogP contribution is 2.32. The standard InChI is InChI=1S/C15H29NO/c1-7-15(6,11-16-14(3,4)5)10-13-9-8-12(2)17-13/h7,12-13,16H,1,8-11H2,2-6H3. The van der Waals surface area contributed by atoms with E-state index in [-0.39, 0.29) is 11.0 Å². The van der Waals surface area contributed by atoms with E-state index in [2.05, 4.69) is 52.6 Å². The average Bonchev–Trinajstić information content (AvgIpc) is 2.60. The number of ether oxygens (including phenoxy) is 1. The van der Waals surface area contributed by atoms with Gasteiger partial charge in [-0.25, -0.2) is 0 Å². The zero-order chi connectivity index (χ0) is 13.1. The summed E-state index contributed by atoms with van der Waals surface area (Å²) in [5.74, 6) is 0. The van der Waals surface area contributed by atoms with Crippen molar-refractivity contribution in [2.24, 2.45) is 5.41 Å². The van der Waals surface area contributed by atoms with Crippen molar-refractivity contribution in [3.63, 3.8) is 0 Å². The third-order valence-corrected chi connectivity index (χ3v) is 3.53. The van der Waals surface area contributed by atoms with Crippen molar-refractivity contribution in [2.45, 2.75) is 71.6 Å². The van der Waals surface area contributed by atoms with Crippen molar-refractivity contribution in [3.8, 4) is 0 Å². The zero-order valence-corrected chi connectivity index (χ0v) is 12.2. The molecule has 2 heteroatoms. The van der Waals surface area contributed by atoms with Crippen molar-refractivity contribution in [3.05, 3.63) is 12.7 Å². The SMILES string of the molecule is C=CC(C)(CNC(C)(C)C)CC1CCC(C)O1. The normalized spacial score (nSPS) is 29.0. The van der Waals surface area contributed by atoms with Crippen LogP contribution in [0.25, 0.3) is 0 Å². The minimum Gasteiger partial charge on any atom is -0.375 e. The third kappa shape index (κ3) is 5.22. The van der Waals surface area contributed by atoms with Crippen LogP contribution in [-0.2, 0) is 4.74 Å². The van der Waals surface area contributed by atoms with Crippen LogP contribution in [0.5, 0.6) is 0 Å². The van der Waals surface area contributed by atoms with Gasteiger partial charge in [-0.2, -0.15) is 0 Å². The van der Waals surface area contributed by atoms with E-state index < -0.39 is 0 Å². The predicted molar refractivity (Wildman–Crippen MR) is 74.2 cm³/mol. The molecule has 1 rings (SSSR count). The molecule has 1 aliphatic heterocycles. The van der Waals surface area contributed by atoms with E-state index in [1.165, 1.54) is 12.8 Å². The highest BCUT2D eigenvalue weighted by atomic mass is 16.5. The largest absolute Gasteiger partial charge is 0.375 e. The third-order valence-electron chi connectivity index (χ3n) is 3.53. The second-order valence-corrected chi connectivity index (χ2v) is 6.81. The summed E-state index contributed by atoms with van der Waals surface area (Å²) in [5.41, 5.74) is 0.288. The molecule has 0 radical (unpaired) electrons. The van der Waals surface area contributed by atoms with Crippen molar-refractivity contribution >= 4 is 0 Å². The first-order chi connectivity index (χ1) is 7.74. The van der Waals surface area contributed by atoms with Crippen LogP contribution in [0.15, 0.2) is 12.7 Å². The Morgan fingerprint density at radius 1 is 1.29 bits per heavy atom. The fourth-order valence-corrected chi connectivity index (χ4v) is 2.25. The summed E-state index contributed by atoms with van der Waals surface area (Å²) in [6.07, 6.45) is 6.39. The number of hydrogen-bond donors (Lipinski definition) is 1. The maximum absolute atomic E-state index is 5.92. The van der Waals surface area contributed by atoms with Crippen molar-refractivity contribution in [2.75, 3.05) is 6.54 Å². The molecule has 0 saturated carbocycles. The second kappa shape index (κ2) is 5.53. The van der Waals surface area contributed by atoms with E-state index in [0.717, 1.165) is 13.0 Å². The van der Waals surface area contributed by atoms with Crippen LogP contribution in [0.4, 0.5) is 0 Å². The Morgan fingerprint density at radius 3 is 2.35 bits per heavy atom. The molecule has 0 aromatic rings. The summed E-state index contributed by atoms with van der Waals surface area (Å²) in [4.78, 5) is 0. The fourth-order valence-electron chi connectivity index (χ4n) is 2.25. The number of nitrogens with one attached hydrogen (secondary N) is 1. The molecule has 1 heterocycles. The topological polar surface area (TPSA) is 21.3 Å². The molecule has 1 aliphatic rings. The molecular formula is C15H29NO. The van der Waals surface area contributed by atoms with E-state index >= 15 is 0 Å². The van der Waals surface area contributed by atoms with Gasteiger partial charge < -0.3 is 10.1 Å². The lowest BCUT2D eigenvalue weighted by Crippen LogP contribution is -2.43. The first-order valence-corrected chi connectivity index (χ1v) is 6.78. The van der Waals surface area contributed by atoms with Crippen molar-refractivity contribution < 1.29 is 4.74 Å². The maximum atomic E-state index is 5.92. The minimum absolute atomic E-state index is 0.127. The van der Waals surface area contributed by atoms with Crippen LogP contribution in [0.3, 0.4) is 0 Å². The van der Waals surface area contributed by atoms with Gasteiger partial charge in [0, 0.05) is 17.5 Å². The Hall–Kier alpha value is -0.340. The quantitative estimate of drug-likeness (QED) is 0.741. The molecule has 0 aromatic carbocycles. The Kier molecular flexibility index (Phi) is 4.79. The van der Waals surface area contributed by atoms with Crippen LogP contribution in [0, 0.1) is 5.41 Å². The first-order valence-electron chi connectivity index (χ1n) is 6.78. The monoisotopic (exact) mass is 239 g/mol. The highest BCUT2D eigenvalue weighted by Gasteiger charge is 2.30. The molecule has 17 heavy (non-hydrogen) atoms. The van der Waals surface area contributed by atoms with Gasteiger partial charge in [-0.05, 0) is 47.0 Å². The summed E-state index contributed by atoms with van der Waals surface area (Å²) in [7, 11) is 0.